The molecule has 0 aromatic heterocycles. The Morgan fingerprint density at radius 2 is 1.65 bits per heavy atom. The van der Waals surface area contributed by atoms with E-state index in [9.17, 15) is 0 Å². The van der Waals surface area contributed by atoms with Crippen molar-refractivity contribution in [2.45, 2.75) is 40.2 Å². The van der Waals surface area contributed by atoms with Crippen LogP contribution in [-0.2, 0) is 6.42 Å². The Kier molecular flexibility index (Phi) is 11.0. The summed E-state index contributed by atoms with van der Waals surface area (Å²) in [6.07, 6.45) is 1.13. The lowest BCUT2D eigenvalue weighted by molar-refractivity contribution is 0.416. The van der Waals surface area contributed by atoms with Gasteiger partial charge in [-0.2, -0.15) is 0 Å². The fourth-order valence-electron chi connectivity index (χ4n) is 1.76. The maximum Gasteiger partial charge on any atom is 0.0233 e. The highest BCUT2D eigenvalue weighted by Crippen LogP contribution is 2.03. The molecule has 1 saturated heterocycles. The average Bonchev–Trinajstić information content (AvgIpc) is 2.45. The number of hydrogen-bond donors (Lipinski definition) is 2. The summed E-state index contributed by atoms with van der Waals surface area (Å²) in [4.78, 5) is 0. The van der Waals surface area contributed by atoms with Crippen LogP contribution in [0.1, 0.15) is 33.3 Å². The van der Waals surface area contributed by atoms with Crippen LogP contribution in [0.5, 0.6) is 0 Å². The van der Waals surface area contributed by atoms with Gasteiger partial charge in [0.25, 0.3) is 0 Å². The standard InChI is InChI=1S/C11H16N2.2C2H6/c1-2-4-10(5-3-1)8-11-9-12-6-7-13-11;2*1-2/h1-5,11-13H,6-9H2;2*1-2H3/t11-;;/m0../s1. The molecule has 1 aliphatic rings. The van der Waals surface area contributed by atoms with E-state index in [1.165, 1.54) is 5.56 Å². The van der Waals surface area contributed by atoms with Crippen LogP contribution in [0.2, 0.25) is 0 Å². The molecule has 17 heavy (non-hydrogen) atoms. The molecule has 0 aliphatic carbocycles. The summed E-state index contributed by atoms with van der Waals surface area (Å²) in [7, 11) is 0. The zero-order valence-electron chi connectivity index (χ0n) is 11.8. The average molecular weight is 236 g/mol. The van der Waals surface area contributed by atoms with E-state index in [0.717, 1.165) is 26.1 Å². The third-order valence-corrected chi connectivity index (χ3v) is 2.45. The molecule has 1 atom stereocenters. The SMILES string of the molecule is CC.CC.c1ccc(C[C@H]2CNCCN2)cc1. The largest absolute Gasteiger partial charge is 0.314 e. The van der Waals surface area contributed by atoms with Crippen molar-refractivity contribution in [2.75, 3.05) is 19.6 Å². The molecular formula is C15H28N2. The maximum atomic E-state index is 3.51. The normalized spacial score (nSPS) is 18.2. The van der Waals surface area contributed by atoms with Crippen LogP contribution in [-0.4, -0.2) is 25.7 Å². The molecular weight excluding hydrogens is 208 g/mol. The second-order valence-corrected chi connectivity index (χ2v) is 3.54. The summed E-state index contributed by atoms with van der Waals surface area (Å²) in [5, 5.41) is 6.90. The molecule has 0 amide bonds. The lowest BCUT2D eigenvalue weighted by Crippen LogP contribution is -2.49. The first-order chi connectivity index (χ1) is 8.45. The van der Waals surface area contributed by atoms with Crippen LogP contribution in [0.15, 0.2) is 30.3 Å². The summed E-state index contributed by atoms with van der Waals surface area (Å²) in [5.74, 6) is 0. The molecule has 1 aliphatic heterocycles. The molecule has 98 valence electrons. The first kappa shape index (κ1) is 16.1. The third kappa shape index (κ3) is 7.14. The Hall–Kier alpha value is -0.860. The van der Waals surface area contributed by atoms with Gasteiger partial charge in [-0.25, -0.2) is 0 Å². The number of hydrogen-bond acceptors (Lipinski definition) is 2. The number of piperazine rings is 1. The lowest BCUT2D eigenvalue weighted by Gasteiger charge is -2.24. The van der Waals surface area contributed by atoms with Gasteiger partial charge in [-0.1, -0.05) is 58.0 Å². The van der Waals surface area contributed by atoms with Crippen molar-refractivity contribution in [3.8, 4) is 0 Å². The van der Waals surface area contributed by atoms with E-state index in [0.29, 0.717) is 6.04 Å². The molecule has 2 N–H and O–H groups in total. The van der Waals surface area contributed by atoms with E-state index in [2.05, 4.69) is 41.0 Å². The second kappa shape index (κ2) is 11.6. The van der Waals surface area contributed by atoms with Gasteiger partial charge in [0, 0.05) is 25.7 Å². The Morgan fingerprint density at radius 1 is 1.00 bits per heavy atom. The lowest BCUT2D eigenvalue weighted by atomic mass is 10.1. The monoisotopic (exact) mass is 236 g/mol. The van der Waals surface area contributed by atoms with Gasteiger partial charge in [-0.15, -0.1) is 0 Å². The van der Waals surface area contributed by atoms with Crippen molar-refractivity contribution in [1.29, 1.82) is 0 Å². The van der Waals surface area contributed by atoms with E-state index >= 15 is 0 Å². The molecule has 2 heteroatoms. The summed E-state index contributed by atoms with van der Waals surface area (Å²) in [5.41, 5.74) is 1.42. The highest BCUT2D eigenvalue weighted by molar-refractivity contribution is 5.16. The molecule has 1 fully saturated rings. The van der Waals surface area contributed by atoms with E-state index in [1.807, 2.05) is 27.7 Å². The number of benzene rings is 1. The highest BCUT2D eigenvalue weighted by Gasteiger charge is 2.11. The predicted molar refractivity (Wildman–Crippen MR) is 77.5 cm³/mol. The molecule has 1 aromatic rings. The van der Waals surface area contributed by atoms with Gasteiger partial charge < -0.3 is 10.6 Å². The Labute approximate surface area is 107 Å². The van der Waals surface area contributed by atoms with Gasteiger partial charge >= 0.3 is 0 Å². The molecule has 2 nitrogen and oxygen atoms in total. The Bertz CT molecular complexity index is 240. The highest BCUT2D eigenvalue weighted by atomic mass is 15.0. The zero-order valence-corrected chi connectivity index (χ0v) is 11.8. The van der Waals surface area contributed by atoms with Crippen molar-refractivity contribution < 1.29 is 0 Å². The van der Waals surface area contributed by atoms with Crippen molar-refractivity contribution >= 4 is 0 Å². The molecule has 0 radical (unpaired) electrons. The van der Waals surface area contributed by atoms with Gasteiger partial charge in [-0.05, 0) is 12.0 Å². The molecule has 0 unspecified atom stereocenters. The number of nitrogens with one attached hydrogen (secondary N) is 2. The molecule has 0 spiro atoms. The molecule has 2 rings (SSSR count). The van der Waals surface area contributed by atoms with Crippen molar-refractivity contribution in [3.05, 3.63) is 35.9 Å². The smallest absolute Gasteiger partial charge is 0.0233 e. The molecule has 0 saturated carbocycles. The second-order valence-electron chi connectivity index (χ2n) is 3.54. The van der Waals surface area contributed by atoms with Crippen LogP contribution < -0.4 is 10.6 Å². The minimum absolute atomic E-state index is 0.608. The van der Waals surface area contributed by atoms with Gasteiger partial charge in [0.2, 0.25) is 0 Å². The molecule has 0 bridgehead atoms. The van der Waals surface area contributed by atoms with E-state index in [-0.39, 0.29) is 0 Å². The molecule has 1 heterocycles. The first-order valence-corrected chi connectivity index (χ1v) is 6.93. The van der Waals surface area contributed by atoms with Crippen LogP contribution in [0.25, 0.3) is 0 Å². The minimum Gasteiger partial charge on any atom is -0.314 e. The predicted octanol–water partition coefficient (Wildman–Crippen LogP) is 2.84. The maximum absolute atomic E-state index is 3.51. The van der Waals surface area contributed by atoms with E-state index in [1.54, 1.807) is 0 Å². The summed E-state index contributed by atoms with van der Waals surface area (Å²) in [6, 6.07) is 11.3. The number of rotatable bonds is 2. The summed E-state index contributed by atoms with van der Waals surface area (Å²) < 4.78 is 0. The van der Waals surface area contributed by atoms with Crippen LogP contribution in [0.4, 0.5) is 0 Å². The van der Waals surface area contributed by atoms with Crippen LogP contribution in [0.3, 0.4) is 0 Å². The van der Waals surface area contributed by atoms with Crippen molar-refractivity contribution in [3.63, 3.8) is 0 Å². The van der Waals surface area contributed by atoms with Crippen molar-refractivity contribution in [2.24, 2.45) is 0 Å². The summed E-state index contributed by atoms with van der Waals surface area (Å²) >= 11 is 0. The van der Waals surface area contributed by atoms with Crippen LogP contribution >= 0.6 is 0 Å². The Balaban J connectivity index is 0.000000581. The van der Waals surface area contributed by atoms with Gasteiger partial charge in [-0.3, -0.25) is 0 Å². The minimum atomic E-state index is 0.608. The zero-order chi connectivity index (χ0) is 12.9. The quantitative estimate of drug-likeness (QED) is 0.825. The topological polar surface area (TPSA) is 24.1 Å². The van der Waals surface area contributed by atoms with Crippen molar-refractivity contribution in [1.82, 2.24) is 10.6 Å². The van der Waals surface area contributed by atoms with E-state index < -0.39 is 0 Å². The summed E-state index contributed by atoms with van der Waals surface area (Å²) in [6.45, 7) is 11.3. The van der Waals surface area contributed by atoms with Gasteiger partial charge in [0.15, 0.2) is 0 Å². The van der Waals surface area contributed by atoms with Gasteiger partial charge in [0.05, 0.1) is 0 Å². The first-order valence-electron chi connectivity index (χ1n) is 6.93. The fourth-order valence-corrected chi connectivity index (χ4v) is 1.76. The fraction of sp³-hybridized carbons (Fsp3) is 0.600. The van der Waals surface area contributed by atoms with E-state index in [4.69, 9.17) is 0 Å². The molecule has 1 aromatic carbocycles. The third-order valence-electron chi connectivity index (χ3n) is 2.45. The van der Waals surface area contributed by atoms with Crippen LogP contribution in [0, 0.1) is 0 Å². The Morgan fingerprint density at radius 3 is 2.18 bits per heavy atom. The van der Waals surface area contributed by atoms with Gasteiger partial charge in [0.1, 0.15) is 0 Å².